The van der Waals surface area contributed by atoms with E-state index in [2.05, 4.69) is 40.2 Å². The third-order valence-corrected chi connectivity index (χ3v) is 3.66. The molecule has 2 heteroatoms. The molecule has 0 amide bonds. The highest BCUT2D eigenvalue weighted by atomic mass is 79.9. The van der Waals surface area contributed by atoms with E-state index >= 15 is 0 Å². The summed E-state index contributed by atoms with van der Waals surface area (Å²) in [5, 5.41) is 0. The van der Waals surface area contributed by atoms with Crippen LogP contribution in [0.5, 0.6) is 0 Å². The number of hydrogen-bond donors (Lipinski definition) is 1. The average molecular weight is 268 g/mol. The van der Waals surface area contributed by atoms with Crippen molar-refractivity contribution < 1.29 is 0 Å². The number of hydrogen-bond acceptors (Lipinski definition) is 1. The minimum absolute atomic E-state index is 0.233. The van der Waals surface area contributed by atoms with Crippen molar-refractivity contribution in [1.82, 2.24) is 0 Å². The second-order valence-electron chi connectivity index (χ2n) is 4.70. The quantitative estimate of drug-likeness (QED) is 0.810. The molecule has 1 aromatic carbocycles. The van der Waals surface area contributed by atoms with Gasteiger partial charge in [-0.25, -0.2) is 0 Å². The van der Waals surface area contributed by atoms with Crippen molar-refractivity contribution in [2.24, 2.45) is 5.73 Å². The highest BCUT2D eigenvalue weighted by molar-refractivity contribution is 9.10. The van der Waals surface area contributed by atoms with Gasteiger partial charge in [0.1, 0.15) is 0 Å². The number of unbranched alkanes of at least 4 members (excludes halogenated alkanes) is 1. The lowest BCUT2D eigenvalue weighted by Gasteiger charge is -2.07. The third-order valence-electron chi connectivity index (χ3n) is 3.17. The summed E-state index contributed by atoms with van der Waals surface area (Å²) in [7, 11) is 0. The van der Waals surface area contributed by atoms with Crippen molar-refractivity contribution in [3.63, 3.8) is 0 Å². The predicted molar refractivity (Wildman–Crippen MR) is 67.8 cm³/mol. The van der Waals surface area contributed by atoms with Crippen LogP contribution >= 0.6 is 15.9 Å². The number of nitrogens with two attached hydrogens (primary N) is 1. The fourth-order valence-electron chi connectivity index (χ4n) is 1.91. The minimum atomic E-state index is 0.233. The summed E-state index contributed by atoms with van der Waals surface area (Å²) in [6.07, 6.45) is 7.39. The largest absolute Gasteiger partial charge is 0.325 e. The molecule has 82 valence electrons. The Morgan fingerprint density at radius 1 is 1.27 bits per heavy atom. The van der Waals surface area contributed by atoms with E-state index in [1.54, 1.807) is 0 Å². The Hall–Kier alpha value is -0.340. The van der Waals surface area contributed by atoms with Gasteiger partial charge in [0.25, 0.3) is 0 Å². The van der Waals surface area contributed by atoms with Crippen molar-refractivity contribution in [2.45, 2.75) is 44.1 Å². The van der Waals surface area contributed by atoms with Crippen molar-refractivity contribution in [1.29, 1.82) is 0 Å². The Morgan fingerprint density at radius 2 is 2.07 bits per heavy atom. The standard InChI is InChI=1S/C13H18BrN/c14-12-6-3-5-11(10-12)4-1-2-7-13(15)8-9-13/h3,5-6,10H,1-2,4,7-9,15H2. The molecule has 0 aliphatic heterocycles. The Balaban J connectivity index is 1.69. The third kappa shape index (κ3) is 3.62. The van der Waals surface area contributed by atoms with Gasteiger partial charge in [-0.1, -0.05) is 34.5 Å². The Bertz CT molecular complexity index is 331. The molecule has 1 aliphatic carbocycles. The van der Waals surface area contributed by atoms with Gasteiger partial charge < -0.3 is 5.73 Å². The van der Waals surface area contributed by atoms with Crippen molar-refractivity contribution in [3.8, 4) is 0 Å². The van der Waals surface area contributed by atoms with Crippen LogP contribution in [0.1, 0.15) is 37.7 Å². The fraction of sp³-hybridized carbons (Fsp3) is 0.538. The molecule has 0 saturated heterocycles. The maximum Gasteiger partial charge on any atom is 0.0177 e. The van der Waals surface area contributed by atoms with Gasteiger partial charge in [0.05, 0.1) is 0 Å². The summed E-state index contributed by atoms with van der Waals surface area (Å²) in [5.41, 5.74) is 7.70. The molecular formula is C13H18BrN. The van der Waals surface area contributed by atoms with E-state index in [1.807, 2.05) is 0 Å². The van der Waals surface area contributed by atoms with Crippen LogP contribution in [0.3, 0.4) is 0 Å². The van der Waals surface area contributed by atoms with E-state index in [0.717, 1.165) is 0 Å². The van der Waals surface area contributed by atoms with Gasteiger partial charge in [-0.3, -0.25) is 0 Å². The van der Waals surface area contributed by atoms with Crippen molar-refractivity contribution >= 4 is 15.9 Å². The molecule has 2 N–H and O–H groups in total. The van der Waals surface area contributed by atoms with Gasteiger partial charge in [0.15, 0.2) is 0 Å². The van der Waals surface area contributed by atoms with Gasteiger partial charge in [-0.15, -0.1) is 0 Å². The molecule has 2 rings (SSSR count). The lowest BCUT2D eigenvalue weighted by Crippen LogP contribution is -2.20. The summed E-state index contributed by atoms with van der Waals surface area (Å²) in [5.74, 6) is 0. The van der Waals surface area contributed by atoms with Crippen LogP contribution < -0.4 is 5.73 Å². The van der Waals surface area contributed by atoms with Crippen LogP contribution in [0.2, 0.25) is 0 Å². The van der Waals surface area contributed by atoms with E-state index in [0.29, 0.717) is 0 Å². The summed E-state index contributed by atoms with van der Waals surface area (Å²) in [4.78, 5) is 0. The number of halogens is 1. The molecule has 0 spiro atoms. The van der Waals surface area contributed by atoms with Crippen LogP contribution in [0.4, 0.5) is 0 Å². The average Bonchev–Trinajstić information content (AvgIpc) is 2.92. The van der Waals surface area contributed by atoms with Gasteiger partial charge in [-0.2, -0.15) is 0 Å². The summed E-state index contributed by atoms with van der Waals surface area (Å²) in [6, 6.07) is 8.57. The van der Waals surface area contributed by atoms with Crippen LogP contribution in [0.15, 0.2) is 28.7 Å². The molecule has 1 saturated carbocycles. The van der Waals surface area contributed by atoms with Crippen LogP contribution in [0, 0.1) is 0 Å². The first-order valence-corrected chi connectivity index (χ1v) is 6.51. The minimum Gasteiger partial charge on any atom is -0.325 e. The maximum absolute atomic E-state index is 6.04. The van der Waals surface area contributed by atoms with Gasteiger partial charge in [-0.05, 0) is 49.8 Å². The molecular weight excluding hydrogens is 250 g/mol. The summed E-state index contributed by atoms with van der Waals surface area (Å²) in [6.45, 7) is 0. The van der Waals surface area contributed by atoms with E-state index < -0.39 is 0 Å². The molecule has 1 aromatic rings. The molecule has 15 heavy (non-hydrogen) atoms. The second kappa shape index (κ2) is 4.67. The van der Waals surface area contributed by atoms with Crippen molar-refractivity contribution in [3.05, 3.63) is 34.3 Å². The fourth-order valence-corrected chi connectivity index (χ4v) is 2.36. The first kappa shape index (κ1) is 11.2. The number of rotatable bonds is 5. The zero-order valence-corrected chi connectivity index (χ0v) is 10.6. The molecule has 0 aromatic heterocycles. The Labute approximate surface area is 100 Å². The van der Waals surface area contributed by atoms with E-state index in [9.17, 15) is 0 Å². The molecule has 0 heterocycles. The second-order valence-corrected chi connectivity index (χ2v) is 5.62. The highest BCUT2D eigenvalue weighted by Crippen LogP contribution is 2.37. The number of aryl methyl sites for hydroxylation is 1. The molecule has 0 atom stereocenters. The van der Waals surface area contributed by atoms with Crippen molar-refractivity contribution in [2.75, 3.05) is 0 Å². The molecule has 1 aliphatic rings. The molecule has 0 bridgehead atoms. The molecule has 1 fully saturated rings. The Kier molecular flexibility index (Phi) is 3.47. The van der Waals surface area contributed by atoms with Gasteiger partial charge >= 0.3 is 0 Å². The van der Waals surface area contributed by atoms with Crippen LogP contribution in [0.25, 0.3) is 0 Å². The molecule has 0 unspecified atom stereocenters. The van der Waals surface area contributed by atoms with Crippen LogP contribution in [-0.4, -0.2) is 5.54 Å². The monoisotopic (exact) mass is 267 g/mol. The SMILES string of the molecule is NC1(CCCCc2cccc(Br)c2)CC1. The summed E-state index contributed by atoms with van der Waals surface area (Å²) < 4.78 is 1.18. The number of benzene rings is 1. The lowest BCUT2D eigenvalue weighted by molar-refractivity contribution is 0.556. The van der Waals surface area contributed by atoms with Gasteiger partial charge in [0.2, 0.25) is 0 Å². The first-order valence-electron chi connectivity index (χ1n) is 5.71. The normalized spacial score (nSPS) is 17.7. The molecule has 1 nitrogen and oxygen atoms in total. The predicted octanol–water partition coefficient (Wildman–Crippen LogP) is 3.65. The van der Waals surface area contributed by atoms with E-state index in [4.69, 9.17) is 5.73 Å². The maximum atomic E-state index is 6.04. The first-order chi connectivity index (χ1) is 7.18. The molecule has 0 radical (unpaired) electrons. The lowest BCUT2D eigenvalue weighted by atomic mass is 10.0. The highest BCUT2D eigenvalue weighted by Gasteiger charge is 2.36. The smallest absolute Gasteiger partial charge is 0.0177 e. The van der Waals surface area contributed by atoms with Gasteiger partial charge in [0, 0.05) is 10.0 Å². The Morgan fingerprint density at radius 3 is 2.73 bits per heavy atom. The van der Waals surface area contributed by atoms with E-state index in [1.165, 1.54) is 48.6 Å². The summed E-state index contributed by atoms with van der Waals surface area (Å²) >= 11 is 3.49. The van der Waals surface area contributed by atoms with Crippen LogP contribution in [-0.2, 0) is 6.42 Å². The van der Waals surface area contributed by atoms with E-state index in [-0.39, 0.29) is 5.54 Å². The zero-order chi connectivity index (χ0) is 10.7. The topological polar surface area (TPSA) is 26.0 Å². The zero-order valence-electron chi connectivity index (χ0n) is 9.01.